The number of nitrogens with one attached hydrogen (secondary N) is 1. The Balaban J connectivity index is 1.60. The standard InChI is InChI=1S/C25H21N3O3S/c1-25(21-12-19(14-32-21)16-5-3-4-15(10-16)13-26)22(23(29)28(2)24(30)27-25)18-6-7-20-17(11-18)8-9-31-20/h3-7,10-12,14,22H,8-9H2,1-2H3,(H,27,30)/t22-,25-/m1/s1. The zero-order chi connectivity index (χ0) is 22.5. The van der Waals surface area contributed by atoms with Gasteiger partial charge in [0, 0.05) is 18.3 Å². The molecule has 2 aliphatic rings. The number of rotatable bonds is 3. The molecule has 7 heteroatoms. The number of amides is 3. The molecule has 1 aromatic heterocycles. The van der Waals surface area contributed by atoms with Gasteiger partial charge >= 0.3 is 6.03 Å². The van der Waals surface area contributed by atoms with E-state index >= 15 is 0 Å². The minimum atomic E-state index is -0.913. The fourth-order valence-corrected chi connectivity index (χ4v) is 5.58. The summed E-state index contributed by atoms with van der Waals surface area (Å²) in [6.07, 6.45) is 0.807. The van der Waals surface area contributed by atoms with E-state index in [2.05, 4.69) is 11.4 Å². The van der Waals surface area contributed by atoms with Gasteiger partial charge in [0.15, 0.2) is 0 Å². The molecule has 3 aromatic rings. The number of fused-ring (bicyclic) bond motifs is 1. The van der Waals surface area contributed by atoms with Crippen LogP contribution in [0.1, 0.15) is 34.4 Å². The van der Waals surface area contributed by atoms with Crippen LogP contribution in [-0.2, 0) is 16.8 Å². The second-order valence-electron chi connectivity index (χ2n) is 8.32. The molecule has 1 N–H and O–H groups in total. The van der Waals surface area contributed by atoms with Crippen LogP contribution < -0.4 is 10.1 Å². The lowest BCUT2D eigenvalue weighted by atomic mass is 9.76. The van der Waals surface area contributed by atoms with Crippen LogP contribution in [0.3, 0.4) is 0 Å². The summed E-state index contributed by atoms with van der Waals surface area (Å²) in [5, 5.41) is 14.3. The highest BCUT2D eigenvalue weighted by Crippen LogP contribution is 2.45. The molecule has 2 atom stereocenters. The van der Waals surface area contributed by atoms with E-state index in [0.717, 1.165) is 44.2 Å². The Hall–Kier alpha value is -3.63. The Labute approximate surface area is 190 Å². The van der Waals surface area contributed by atoms with E-state index in [4.69, 9.17) is 4.74 Å². The van der Waals surface area contributed by atoms with Crippen molar-refractivity contribution in [2.24, 2.45) is 0 Å². The van der Waals surface area contributed by atoms with Crippen molar-refractivity contribution >= 4 is 23.3 Å². The molecule has 2 aromatic carbocycles. The number of thiophene rings is 1. The van der Waals surface area contributed by atoms with Crippen molar-refractivity contribution in [3.8, 4) is 22.9 Å². The van der Waals surface area contributed by atoms with Gasteiger partial charge in [-0.2, -0.15) is 5.26 Å². The fourth-order valence-electron chi connectivity index (χ4n) is 4.51. The zero-order valence-electron chi connectivity index (χ0n) is 17.7. The van der Waals surface area contributed by atoms with E-state index in [1.807, 2.05) is 54.8 Å². The number of nitriles is 1. The topological polar surface area (TPSA) is 82.4 Å². The van der Waals surface area contributed by atoms with Gasteiger partial charge in [0.1, 0.15) is 5.75 Å². The maximum absolute atomic E-state index is 13.4. The number of imide groups is 1. The van der Waals surface area contributed by atoms with Gasteiger partial charge in [-0.3, -0.25) is 9.69 Å². The summed E-state index contributed by atoms with van der Waals surface area (Å²) in [4.78, 5) is 28.1. The third-order valence-corrected chi connectivity index (χ3v) is 7.48. The second kappa shape index (κ2) is 7.50. The fraction of sp³-hybridized carbons (Fsp3) is 0.240. The Bertz CT molecular complexity index is 1290. The predicted molar refractivity (Wildman–Crippen MR) is 122 cm³/mol. The molecule has 3 heterocycles. The second-order valence-corrected chi connectivity index (χ2v) is 9.23. The maximum Gasteiger partial charge on any atom is 0.324 e. The SMILES string of the molecule is CN1C(=O)N[C@](C)(c2cc(-c3cccc(C#N)c3)cs2)[C@H](c2ccc3c(c2)CCO3)C1=O. The quantitative estimate of drug-likeness (QED) is 0.650. The first-order valence-corrected chi connectivity index (χ1v) is 11.2. The minimum Gasteiger partial charge on any atom is -0.493 e. The van der Waals surface area contributed by atoms with Crippen molar-refractivity contribution in [2.75, 3.05) is 13.7 Å². The molecule has 0 unspecified atom stereocenters. The summed E-state index contributed by atoms with van der Waals surface area (Å²) < 4.78 is 5.63. The summed E-state index contributed by atoms with van der Waals surface area (Å²) >= 11 is 1.50. The summed E-state index contributed by atoms with van der Waals surface area (Å²) in [5.74, 6) is 0.0384. The van der Waals surface area contributed by atoms with Crippen molar-refractivity contribution in [3.05, 3.63) is 75.5 Å². The van der Waals surface area contributed by atoms with Crippen LogP contribution in [0.15, 0.2) is 53.9 Å². The van der Waals surface area contributed by atoms with E-state index in [-0.39, 0.29) is 5.91 Å². The van der Waals surface area contributed by atoms with E-state index in [0.29, 0.717) is 12.2 Å². The summed E-state index contributed by atoms with van der Waals surface area (Å²) in [5.41, 5.74) is 3.48. The number of nitrogens with zero attached hydrogens (tertiary/aromatic N) is 2. The molecule has 0 saturated carbocycles. The highest BCUT2D eigenvalue weighted by Gasteiger charge is 2.50. The normalized spacial score (nSPS) is 22.2. The van der Waals surface area contributed by atoms with Gasteiger partial charge in [-0.25, -0.2) is 4.79 Å². The van der Waals surface area contributed by atoms with Crippen LogP contribution in [0.5, 0.6) is 5.75 Å². The Morgan fingerprint density at radius 2 is 2.03 bits per heavy atom. The maximum atomic E-state index is 13.4. The molecule has 0 spiro atoms. The number of likely N-dealkylation sites (N-methyl/N-ethyl adjacent to an activating group) is 1. The number of benzene rings is 2. The lowest BCUT2D eigenvalue weighted by Crippen LogP contribution is -2.62. The van der Waals surface area contributed by atoms with Crippen molar-refractivity contribution in [1.82, 2.24) is 10.2 Å². The lowest BCUT2D eigenvalue weighted by molar-refractivity contribution is -0.132. The molecule has 32 heavy (non-hydrogen) atoms. The van der Waals surface area contributed by atoms with Gasteiger partial charge < -0.3 is 10.1 Å². The average molecular weight is 444 g/mol. The molecular formula is C25H21N3O3S. The molecule has 0 bridgehead atoms. The highest BCUT2D eigenvalue weighted by molar-refractivity contribution is 7.10. The Morgan fingerprint density at radius 3 is 2.84 bits per heavy atom. The summed E-state index contributed by atoms with van der Waals surface area (Å²) in [6.45, 7) is 2.55. The molecule has 2 aliphatic heterocycles. The van der Waals surface area contributed by atoms with Crippen LogP contribution in [0.25, 0.3) is 11.1 Å². The monoisotopic (exact) mass is 443 g/mol. The number of carbonyl (C=O) groups is 2. The van der Waals surface area contributed by atoms with E-state index < -0.39 is 17.5 Å². The third kappa shape index (κ3) is 3.15. The van der Waals surface area contributed by atoms with Gasteiger partial charge in [-0.05, 0) is 58.8 Å². The number of urea groups is 1. The van der Waals surface area contributed by atoms with Crippen molar-refractivity contribution in [1.29, 1.82) is 5.26 Å². The largest absolute Gasteiger partial charge is 0.493 e. The number of hydrogen-bond acceptors (Lipinski definition) is 5. The Morgan fingerprint density at radius 1 is 1.19 bits per heavy atom. The number of carbonyl (C=O) groups excluding carboxylic acids is 2. The van der Waals surface area contributed by atoms with E-state index in [1.54, 1.807) is 6.07 Å². The van der Waals surface area contributed by atoms with Crippen LogP contribution in [0, 0.1) is 11.3 Å². The average Bonchev–Trinajstić information content (AvgIpc) is 3.47. The summed E-state index contributed by atoms with van der Waals surface area (Å²) in [7, 11) is 1.51. The third-order valence-electron chi connectivity index (χ3n) is 6.31. The molecule has 6 nitrogen and oxygen atoms in total. The number of ether oxygens (including phenoxy) is 1. The number of hydrogen-bond donors (Lipinski definition) is 1. The van der Waals surface area contributed by atoms with Crippen LogP contribution in [0.4, 0.5) is 4.79 Å². The minimum absolute atomic E-state index is 0.239. The van der Waals surface area contributed by atoms with Crippen molar-refractivity contribution < 1.29 is 14.3 Å². The molecule has 1 saturated heterocycles. The van der Waals surface area contributed by atoms with Gasteiger partial charge in [0.05, 0.1) is 29.7 Å². The van der Waals surface area contributed by atoms with Crippen LogP contribution in [0.2, 0.25) is 0 Å². The van der Waals surface area contributed by atoms with Crippen molar-refractivity contribution in [3.63, 3.8) is 0 Å². The molecule has 1 fully saturated rings. The van der Waals surface area contributed by atoms with Gasteiger partial charge in [0.25, 0.3) is 0 Å². The highest BCUT2D eigenvalue weighted by atomic mass is 32.1. The van der Waals surface area contributed by atoms with Crippen molar-refractivity contribution in [2.45, 2.75) is 24.8 Å². The van der Waals surface area contributed by atoms with Gasteiger partial charge in [-0.15, -0.1) is 11.3 Å². The zero-order valence-corrected chi connectivity index (χ0v) is 18.5. The molecular weight excluding hydrogens is 422 g/mol. The molecule has 3 amide bonds. The van der Waals surface area contributed by atoms with Crippen LogP contribution in [-0.4, -0.2) is 30.5 Å². The first kappa shape index (κ1) is 20.3. The lowest BCUT2D eigenvalue weighted by Gasteiger charge is -2.43. The molecule has 0 aliphatic carbocycles. The molecule has 5 rings (SSSR count). The van der Waals surface area contributed by atoms with Crippen LogP contribution >= 0.6 is 11.3 Å². The summed E-state index contributed by atoms with van der Waals surface area (Å²) in [6, 6.07) is 17.0. The first-order chi connectivity index (χ1) is 15.4. The molecule has 0 radical (unpaired) electrons. The van der Waals surface area contributed by atoms with E-state index in [1.165, 1.54) is 18.4 Å². The first-order valence-electron chi connectivity index (χ1n) is 10.4. The van der Waals surface area contributed by atoms with Gasteiger partial charge in [0.2, 0.25) is 5.91 Å². The Kier molecular flexibility index (Phi) is 4.75. The van der Waals surface area contributed by atoms with E-state index in [9.17, 15) is 14.9 Å². The molecule has 160 valence electrons. The smallest absolute Gasteiger partial charge is 0.324 e. The predicted octanol–water partition coefficient (Wildman–Crippen LogP) is 4.40. The van der Waals surface area contributed by atoms with Gasteiger partial charge in [-0.1, -0.05) is 24.3 Å².